The molecular formula is C9H9N3OS. The van der Waals surface area contributed by atoms with Crippen LogP contribution in [0.4, 0.5) is 10.8 Å². The number of hydrogen-bond donors (Lipinski definition) is 2. The average molecular weight is 207 g/mol. The van der Waals surface area contributed by atoms with Gasteiger partial charge < -0.3 is 10.4 Å². The van der Waals surface area contributed by atoms with Gasteiger partial charge in [-0.05, 0) is 12.1 Å². The molecule has 0 amide bonds. The summed E-state index contributed by atoms with van der Waals surface area (Å²) in [6, 6.07) is 3.68. The van der Waals surface area contributed by atoms with Crippen molar-refractivity contribution in [3.63, 3.8) is 0 Å². The summed E-state index contributed by atoms with van der Waals surface area (Å²) >= 11 is 1.51. The molecule has 2 aromatic heterocycles. The van der Waals surface area contributed by atoms with Gasteiger partial charge in [0.1, 0.15) is 0 Å². The summed E-state index contributed by atoms with van der Waals surface area (Å²) in [6.07, 6.45) is 3.38. The minimum absolute atomic E-state index is 0.0749. The van der Waals surface area contributed by atoms with Crippen molar-refractivity contribution in [1.29, 1.82) is 0 Å². The Labute approximate surface area is 85.3 Å². The highest BCUT2D eigenvalue weighted by molar-refractivity contribution is 7.13. The van der Waals surface area contributed by atoms with E-state index >= 15 is 0 Å². The monoisotopic (exact) mass is 207 g/mol. The van der Waals surface area contributed by atoms with Crippen molar-refractivity contribution in [2.24, 2.45) is 0 Å². The Kier molecular flexibility index (Phi) is 2.71. The molecular weight excluding hydrogens is 198 g/mol. The third-order valence-corrected chi connectivity index (χ3v) is 2.40. The molecule has 0 aliphatic rings. The number of hydrogen-bond acceptors (Lipinski definition) is 5. The fraction of sp³-hybridized carbons (Fsp3) is 0.111. The normalized spacial score (nSPS) is 10.1. The van der Waals surface area contributed by atoms with Gasteiger partial charge in [-0.2, -0.15) is 0 Å². The Hall–Kier alpha value is -1.46. The Bertz CT molecular complexity index is 402. The van der Waals surface area contributed by atoms with Gasteiger partial charge in [0.05, 0.1) is 18.0 Å². The minimum atomic E-state index is -0.0749. The smallest absolute Gasteiger partial charge is 0.187 e. The van der Waals surface area contributed by atoms with E-state index in [9.17, 15) is 0 Å². The molecule has 2 rings (SSSR count). The van der Waals surface area contributed by atoms with Crippen LogP contribution in [0.3, 0.4) is 0 Å². The van der Waals surface area contributed by atoms with Gasteiger partial charge in [-0.1, -0.05) is 0 Å². The molecule has 2 N–H and O–H groups in total. The van der Waals surface area contributed by atoms with Crippen molar-refractivity contribution in [2.45, 2.75) is 6.61 Å². The molecule has 2 aromatic rings. The van der Waals surface area contributed by atoms with Gasteiger partial charge in [0.2, 0.25) is 0 Å². The average Bonchev–Trinajstić information content (AvgIpc) is 2.71. The zero-order valence-corrected chi connectivity index (χ0v) is 8.16. The summed E-state index contributed by atoms with van der Waals surface area (Å²) in [5, 5.41) is 14.8. The number of aliphatic hydroxyl groups is 1. The largest absolute Gasteiger partial charge is 0.390 e. The van der Waals surface area contributed by atoms with Gasteiger partial charge in [-0.3, -0.25) is 4.98 Å². The summed E-state index contributed by atoms with van der Waals surface area (Å²) in [6.45, 7) is -0.0749. The molecule has 14 heavy (non-hydrogen) atoms. The van der Waals surface area contributed by atoms with Crippen LogP contribution in [-0.2, 0) is 6.61 Å². The van der Waals surface area contributed by atoms with Crippen LogP contribution >= 0.6 is 11.3 Å². The molecule has 0 unspecified atom stereocenters. The number of aliphatic hydroxyl groups excluding tert-OH is 1. The van der Waals surface area contributed by atoms with Crippen molar-refractivity contribution in [2.75, 3.05) is 5.32 Å². The van der Waals surface area contributed by atoms with E-state index in [0.717, 1.165) is 10.8 Å². The van der Waals surface area contributed by atoms with Crippen molar-refractivity contribution in [3.05, 3.63) is 35.6 Å². The Balaban J connectivity index is 2.24. The second-order valence-corrected chi connectivity index (χ2v) is 3.51. The predicted molar refractivity (Wildman–Crippen MR) is 55.6 cm³/mol. The lowest BCUT2D eigenvalue weighted by Gasteiger charge is -2.05. The van der Waals surface area contributed by atoms with Crippen LogP contribution in [0.1, 0.15) is 5.69 Å². The van der Waals surface area contributed by atoms with Gasteiger partial charge in [-0.15, -0.1) is 11.3 Å². The molecule has 0 spiro atoms. The van der Waals surface area contributed by atoms with Crippen molar-refractivity contribution in [1.82, 2.24) is 9.97 Å². The number of anilines is 2. The van der Waals surface area contributed by atoms with Crippen molar-refractivity contribution < 1.29 is 5.11 Å². The SMILES string of the molecule is OCc1ncccc1Nc1nccs1. The number of nitrogens with zero attached hydrogens (tertiary/aromatic N) is 2. The number of rotatable bonds is 3. The maximum absolute atomic E-state index is 9.03. The third-order valence-electron chi connectivity index (χ3n) is 1.71. The van der Waals surface area contributed by atoms with Crippen LogP contribution in [0.25, 0.3) is 0 Å². The number of thiazole rings is 1. The molecule has 0 saturated carbocycles. The summed E-state index contributed by atoms with van der Waals surface area (Å²) in [7, 11) is 0. The van der Waals surface area contributed by atoms with Gasteiger partial charge >= 0.3 is 0 Å². The van der Waals surface area contributed by atoms with Crippen LogP contribution < -0.4 is 5.32 Å². The quantitative estimate of drug-likeness (QED) is 0.805. The van der Waals surface area contributed by atoms with E-state index < -0.39 is 0 Å². The molecule has 0 atom stereocenters. The first-order chi connectivity index (χ1) is 6.90. The van der Waals surface area contributed by atoms with Crippen LogP contribution in [0.15, 0.2) is 29.9 Å². The van der Waals surface area contributed by atoms with Crippen LogP contribution in [0, 0.1) is 0 Å². The highest BCUT2D eigenvalue weighted by Crippen LogP contribution is 2.20. The molecule has 0 aromatic carbocycles. The molecule has 0 radical (unpaired) electrons. The Morgan fingerprint density at radius 1 is 1.36 bits per heavy atom. The van der Waals surface area contributed by atoms with E-state index in [4.69, 9.17) is 5.11 Å². The van der Waals surface area contributed by atoms with Gasteiger partial charge in [0.25, 0.3) is 0 Å². The lowest BCUT2D eigenvalue weighted by Crippen LogP contribution is -1.97. The number of nitrogens with one attached hydrogen (secondary N) is 1. The molecule has 4 nitrogen and oxygen atoms in total. The maximum atomic E-state index is 9.03. The first-order valence-corrected chi connectivity index (χ1v) is 4.99. The van der Waals surface area contributed by atoms with Gasteiger partial charge in [0, 0.05) is 17.8 Å². The number of pyridine rings is 1. The van der Waals surface area contributed by atoms with Gasteiger partial charge in [0.15, 0.2) is 5.13 Å². The number of aromatic nitrogens is 2. The van der Waals surface area contributed by atoms with Crippen molar-refractivity contribution >= 4 is 22.2 Å². The molecule has 0 fully saturated rings. The maximum Gasteiger partial charge on any atom is 0.187 e. The molecule has 5 heteroatoms. The summed E-state index contributed by atoms with van der Waals surface area (Å²) in [5.41, 5.74) is 1.42. The van der Waals surface area contributed by atoms with E-state index in [2.05, 4.69) is 15.3 Å². The zero-order valence-electron chi connectivity index (χ0n) is 7.34. The van der Waals surface area contributed by atoms with Gasteiger partial charge in [-0.25, -0.2) is 4.98 Å². The first-order valence-electron chi connectivity index (χ1n) is 4.11. The highest BCUT2D eigenvalue weighted by atomic mass is 32.1. The first kappa shape index (κ1) is 9.11. The van der Waals surface area contributed by atoms with Crippen LogP contribution in [-0.4, -0.2) is 15.1 Å². The Morgan fingerprint density at radius 2 is 2.29 bits per heavy atom. The third kappa shape index (κ3) is 1.89. The molecule has 0 aliphatic carbocycles. The fourth-order valence-corrected chi connectivity index (χ4v) is 1.62. The topological polar surface area (TPSA) is 58.0 Å². The van der Waals surface area contributed by atoms with Crippen LogP contribution in [0.5, 0.6) is 0 Å². The standard InChI is InChI=1S/C9H9N3OS/c13-6-8-7(2-1-3-10-8)12-9-11-4-5-14-9/h1-5,13H,6H2,(H,11,12). The molecule has 0 saturated heterocycles. The second kappa shape index (κ2) is 4.17. The summed E-state index contributed by atoms with van der Waals surface area (Å²) < 4.78 is 0. The summed E-state index contributed by atoms with van der Waals surface area (Å²) in [5.74, 6) is 0. The van der Waals surface area contributed by atoms with Crippen LogP contribution in [0.2, 0.25) is 0 Å². The zero-order chi connectivity index (χ0) is 9.80. The van der Waals surface area contributed by atoms with Crippen molar-refractivity contribution in [3.8, 4) is 0 Å². The molecule has 0 aliphatic heterocycles. The van der Waals surface area contributed by atoms with E-state index in [1.807, 2.05) is 17.5 Å². The second-order valence-electron chi connectivity index (χ2n) is 2.62. The predicted octanol–water partition coefficient (Wildman–Crippen LogP) is 1.77. The lowest BCUT2D eigenvalue weighted by atomic mass is 10.3. The van der Waals surface area contributed by atoms with E-state index in [1.54, 1.807) is 12.4 Å². The van der Waals surface area contributed by atoms with E-state index in [1.165, 1.54) is 11.3 Å². The Morgan fingerprint density at radius 3 is 3.00 bits per heavy atom. The lowest BCUT2D eigenvalue weighted by molar-refractivity contribution is 0.277. The molecule has 2 heterocycles. The minimum Gasteiger partial charge on any atom is -0.390 e. The van der Waals surface area contributed by atoms with E-state index in [-0.39, 0.29) is 6.61 Å². The molecule has 0 bridgehead atoms. The van der Waals surface area contributed by atoms with E-state index in [0.29, 0.717) is 5.69 Å². The summed E-state index contributed by atoms with van der Waals surface area (Å²) in [4.78, 5) is 8.13. The molecule has 72 valence electrons. The highest BCUT2D eigenvalue weighted by Gasteiger charge is 2.02. The fourth-order valence-electron chi connectivity index (χ4n) is 1.08.